The third kappa shape index (κ3) is 3.65. The van der Waals surface area contributed by atoms with E-state index in [1.807, 2.05) is 6.07 Å². The van der Waals surface area contributed by atoms with Gasteiger partial charge in [0.05, 0.1) is 16.6 Å². The molecule has 0 aliphatic carbocycles. The first-order valence-electron chi connectivity index (χ1n) is 7.79. The molecule has 10 nitrogen and oxygen atoms in total. The van der Waals surface area contributed by atoms with Crippen LogP contribution in [0.15, 0.2) is 36.8 Å². The maximum atomic E-state index is 10.6. The van der Waals surface area contributed by atoms with E-state index in [1.165, 1.54) is 0 Å². The second-order valence-corrected chi connectivity index (χ2v) is 5.60. The van der Waals surface area contributed by atoms with Gasteiger partial charge in [0.15, 0.2) is 0 Å². The van der Waals surface area contributed by atoms with E-state index in [-0.39, 0.29) is 5.95 Å². The lowest BCUT2D eigenvalue weighted by Gasteiger charge is -2.02. The van der Waals surface area contributed by atoms with Gasteiger partial charge in [-0.2, -0.15) is 13.2 Å². The number of nitrogens with two attached hydrogens (primary N) is 3. The number of carboxylic acids is 1. The molecule has 29 heavy (non-hydrogen) atoms. The molecule has 0 saturated carbocycles. The van der Waals surface area contributed by atoms with E-state index < -0.39 is 12.1 Å². The van der Waals surface area contributed by atoms with E-state index in [2.05, 4.69) is 19.9 Å². The topological polar surface area (TPSA) is 171 Å². The second-order valence-electron chi connectivity index (χ2n) is 5.60. The van der Waals surface area contributed by atoms with Crippen LogP contribution in [0.25, 0.3) is 27.8 Å². The third-order valence-corrected chi connectivity index (χ3v) is 3.76. The van der Waals surface area contributed by atoms with Crippen LogP contribution in [-0.4, -0.2) is 41.6 Å². The van der Waals surface area contributed by atoms with E-state index in [4.69, 9.17) is 27.1 Å². The summed E-state index contributed by atoms with van der Waals surface area (Å²) < 4.78 is 33.5. The molecule has 0 bridgehead atoms. The molecule has 0 fully saturated rings. The maximum Gasteiger partial charge on any atom is 0.490 e. The van der Waals surface area contributed by atoms with E-state index in [9.17, 15) is 13.2 Å². The number of nitrogens with zero attached hydrogens (tertiary/aromatic N) is 5. The molecule has 0 unspecified atom stereocenters. The summed E-state index contributed by atoms with van der Waals surface area (Å²) >= 11 is 0. The number of aromatic nitrogens is 5. The molecule has 0 aliphatic heterocycles. The van der Waals surface area contributed by atoms with Crippen molar-refractivity contribution in [2.24, 2.45) is 0 Å². The van der Waals surface area contributed by atoms with Crippen molar-refractivity contribution in [3.05, 3.63) is 36.8 Å². The minimum absolute atomic E-state index is 0.189. The lowest BCUT2D eigenvalue weighted by atomic mass is 10.1. The number of carboxylic acid groups (broad SMARTS) is 1. The van der Waals surface area contributed by atoms with Gasteiger partial charge >= 0.3 is 12.1 Å². The highest BCUT2D eigenvalue weighted by atomic mass is 19.4. The number of hydrogen-bond acceptors (Lipinski definition) is 8. The minimum Gasteiger partial charge on any atom is -0.475 e. The van der Waals surface area contributed by atoms with Gasteiger partial charge in [-0.1, -0.05) is 0 Å². The average Bonchev–Trinajstić information content (AvgIpc) is 2.98. The fourth-order valence-electron chi connectivity index (χ4n) is 2.65. The van der Waals surface area contributed by atoms with Gasteiger partial charge in [0.2, 0.25) is 11.9 Å². The normalized spacial score (nSPS) is 11.3. The smallest absolute Gasteiger partial charge is 0.475 e. The number of aliphatic carboxylic acids is 1. The fraction of sp³-hybridized carbons (Fsp3) is 0.0625. The summed E-state index contributed by atoms with van der Waals surface area (Å²) in [7, 11) is 0. The predicted octanol–water partition coefficient (Wildman–Crippen LogP) is 1.72. The quantitative estimate of drug-likeness (QED) is 0.367. The monoisotopic (exact) mass is 406 g/mol. The standard InChI is InChI=1S/C14H12N8.C2HF3O2/c15-7-1-4-18-12-10(7)11(8-2-5-19-13(16)21-8)9-3-6-20-14(17)22(9)12;3-2(4,5)1(6)7/h1-6H,(H2,15,18)(H2,17,20)(H2,16,19,21);(H,6,7). The highest BCUT2D eigenvalue weighted by Crippen LogP contribution is 2.37. The number of nitrogen functional groups attached to an aromatic ring is 3. The van der Waals surface area contributed by atoms with Crippen LogP contribution in [0.3, 0.4) is 0 Å². The third-order valence-electron chi connectivity index (χ3n) is 3.76. The van der Waals surface area contributed by atoms with E-state index in [0.29, 0.717) is 23.0 Å². The molecule has 150 valence electrons. The molecule has 0 atom stereocenters. The summed E-state index contributed by atoms with van der Waals surface area (Å²) in [5, 5.41) is 7.89. The van der Waals surface area contributed by atoms with Crippen LogP contribution in [0.2, 0.25) is 0 Å². The number of halogens is 3. The summed E-state index contributed by atoms with van der Waals surface area (Å²) in [6, 6.07) is 5.35. The van der Waals surface area contributed by atoms with Crippen molar-refractivity contribution >= 4 is 40.1 Å². The van der Waals surface area contributed by atoms with Crippen molar-refractivity contribution in [1.82, 2.24) is 24.3 Å². The zero-order valence-corrected chi connectivity index (χ0v) is 14.4. The van der Waals surface area contributed by atoms with E-state index in [1.54, 1.807) is 35.1 Å². The molecule has 4 heterocycles. The second kappa shape index (κ2) is 7.10. The molecule has 0 amide bonds. The molecule has 4 aromatic heterocycles. The summed E-state index contributed by atoms with van der Waals surface area (Å²) in [5.41, 5.74) is 21.4. The van der Waals surface area contributed by atoms with Crippen LogP contribution in [0.4, 0.5) is 30.8 Å². The van der Waals surface area contributed by atoms with Gasteiger partial charge in [0, 0.05) is 29.8 Å². The molecule has 0 aromatic carbocycles. The Balaban J connectivity index is 0.000000298. The zero-order chi connectivity index (χ0) is 21.3. The molecule has 0 saturated heterocycles. The number of alkyl halides is 3. The van der Waals surface area contributed by atoms with Crippen LogP contribution in [-0.2, 0) is 4.79 Å². The van der Waals surface area contributed by atoms with Gasteiger partial charge < -0.3 is 22.3 Å². The Hall–Kier alpha value is -4.16. The molecule has 0 aliphatic rings. The van der Waals surface area contributed by atoms with Crippen molar-refractivity contribution in [3.63, 3.8) is 0 Å². The Labute approximate surface area is 159 Å². The van der Waals surface area contributed by atoms with Crippen molar-refractivity contribution < 1.29 is 23.1 Å². The molecule has 0 radical (unpaired) electrons. The summed E-state index contributed by atoms with van der Waals surface area (Å²) in [6.45, 7) is 0. The number of carbonyl (C=O) groups is 1. The van der Waals surface area contributed by atoms with Crippen molar-refractivity contribution in [2.75, 3.05) is 17.2 Å². The average molecular weight is 406 g/mol. The van der Waals surface area contributed by atoms with Gasteiger partial charge in [0.25, 0.3) is 0 Å². The van der Waals surface area contributed by atoms with Gasteiger partial charge in [-0.3, -0.25) is 4.40 Å². The summed E-state index contributed by atoms with van der Waals surface area (Å²) in [5.74, 6) is -2.24. The van der Waals surface area contributed by atoms with Crippen LogP contribution >= 0.6 is 0 Å². The van der Waals surface area contributed by atoms with Gasteiger partial charge in [0.1, 0.15) is 5.65 Å². The van der Waals surface area contributed by atoms with E-state index in [0.717, 1.165) is 16.5 Å². The Morgan fingerprint density at radius 2 is 1.62 bits per heavy atom. The minimum atomic E-state index is -5.08. The SMILES string of the molecule is Nc1nccc(-c2c3c(N)ccnc3n3c(N)nccc23)n1.O=C(O)C(F)(F)F. The number of hydrogen-bond donors (Lipinski definition) is 4. The van der Waals surface area contributed by atoms with Crippen molar-refractivity contribution in [1.29, 1.82) is 0 Å². The molecule has 13 heteroatoms. The number of pyridine rings is 1. The van der Waals surface area contributed by atoms with Crippen LogP contribution in [0, 0.1) is 0 Å². The molecule has 0 spiro atoms. The molecular formula is C16H13F3N8O2. The van der Waals surface area contributed by atoms with Crippen molar-refractivity contribution in [2.45, 2.75) is 6.18 Å². The molecule has 4 aromatic rings. The van der Waals surface area contributed by atoms with Crippen LogP contribution in [0.5, 0.6) is 0 Å². The number of fused-ring (bicyclic) bond motifs is 3. The van der Waals surface area contributed by atoms with E-state index >= 15 is 0 Å². The van der Waals surface area contributed by atoms with Crippen LogP contribution in [0.1, 0.15) is 0 Å². The highest BCUT2D eigenvalue weighted by molar-refractivity contribution is 6.09. The highest BCUT2D eigenvalue weighted by Gasteiger charge is 2.38. The van der Waals surface area contributed by atoms with Gasteiger partial charge in [-0.25, -0.2) is 24.7 Å². The number of rotatable bonds is 1. The molecule has 4 rings (SSSR count). The Kier molecular flexibility index (Phi) is 4.80. The number of anilines is 3. The first-order valence-corrected chi connectivity index (χ1v) is 7.79. The van der Waals surface area contributed by atoms with Gasteiger partial charge in [-0.15, -0.1) is 0 Å². The first kappa shape index (κ1) is 19.6. The van der Waals surface area contributed by atoms with Crippen molar-refractivity contribution in [3.8, 4) is 11.3 Å². The molecule has 7 N–H and O–H groups in total. The Morgan fingerprint density at radius 1 is 1.00 bits per heavy atom. The van der Waals surface area contributed by atoms with Gasteiger partial charge in [-0.05, 0) is 18.2 Å². The Bertz CT molecular complexity index is 1220. The lowest BCUT2D eigenvalue weighted by Crippen LogP contribution is -2.21. The summed E-state index contributed by atoms with van der Waals surface area (Å²) in [6.07, 6.45) is -0.216. The largest absolute Gasteiger partial charge is 0.490 e. The zero-order valence-electron chi connectivity index (χ0n) is 14.4. The maximum absolute atomic E-state index is 10.6. The predicted molar refractivity (Wildman–Crippen MR) is 98.4 cm³/mol. The Morgan fingerprint density at radius 3 is 2.24 bits per heavy atom. The first-order chi connectivity index (χ1) is 13.6. The molecular weight excluding hydrogens is 393 g/mol. The summed E-state index contributed by atoms with van der Waals surface area (Å²) in [4.78, 5) is 25.6. The fourth-order valence-corrected chi connectivity index (χ4v) is 2.65. The van der Waals surface area contributed by atoms with Crippen LogP contribution < -0.4 is 17.2 Å². The lowest BCUT2D eigenvalue weighted by molar-refractivity contribution is -0.192.